The molecular formula is C16H24BrNO. The molecular weight excluding hydrogens is 302 g/mol. The van der Waals surface area contributed by atoms with Crippen LogP contribution in [0.2, 0.25) is 0 Å². The lowest BCUT2D eigenvalue weighted by molar-refractivity contribution is -0.0134. The van der Waals surface area contributed by atoms with Crippen molar-refractivity contribution in [1.29, 1.82) is 0 Å². The van der Waals surface area contributed by atoms with E-state index in [0.717, 1.165) is 23.7 Å². The van der Waals surface area contributed by atoms with Crippen LogP contribution in [-0.2, 0) is 0 Å². The van der Waals surface area contributed by atoms with Gasteiger partial charge in [-0.3, -0.25) is 0 Å². The van der Waals surface area contributed by atoms with Gasteiger partial charge >= 0.3 is 0 Å². The minimum absolute atomic E-state index is 0.273. The number of hydrogen-bond acceptors (Lipinski definition) is 2. The molecule has 0 heterocycles. The Kier molecular flexibility index (Phi) is 5.04. The van der Waals surface area contributed by atoms with Crippen molar-refractivity contribution in [2.24, 2.45) is 5.92 Å². The molecule has 0 radical (unpaired) electrons. The van der Waals surface area contributed by atoms with Crippen LogP contribution in [0.5, 0.6) is 0 Å². The second-order valence-corrected chi connectivity index (χ2v) is 7.00. The van der Waals surface area contributed by atoms with E-state index in [1.807, 2.05) is 0 Å². The first-order chi connectivity index (χ1) is 8.98. The number of aliphatic hydroxyl groups is 1. The lowest BCUT2D eigenvalue weighted by Gasteiger charge is -2.36. The molecule has 2 nitrogen and oxygen atoms in total. The van der Waals surface area contributed by atoms with Gasteiger partial charge in [-0.05, 0) is 43.4 Å². The molecule has 0 aliphatic heterocycles. The number of benzene rings is 1. The first-order valence-corrected chi connectivity index (χ1v) is 7.99. The van der Waals surface area contributed by atoms with Crippen LogP contribution in [0.15, 0.2) is 28.7 Å². The van der Waals surface area contributed by atoms with Crippen molar-refractivity contribution in [3.8, 4) is 0 Å². The zero-order valence-electron chi connectivity index (χ0n) is 11.8. The molecule has 1 saturated carbocycles. The van der Waals surface area contributed by atoms with Gasteiger partial charge in [0.15, 0.2) is 0 Å². The zero-order chi connectivity index (χ0) is 13.9. The lowest BCUT2D eigenvalue weighted by Crippen LogP contribution is -2.44. The van der Waals surface area contributed by atoms with Crippen molar-refractivity contribution in [3.05, 3.63) is 34.3 Å². The quantitative estimate of drug-likeness (QED) is 0.875. The number of nitrogens with one attached hydrogen (secondary N) is 1. The molecule has 3 unspecified atom stereocenters. The Labute approximate surface area is 124 Å². The second-order valence-electron chi connectivity index (χ2n) is 6.08. The maximum atomic E-state index is 10.6. The predicted octanol–water partition coefficient (Wildman–Crippen LogP) is 4.04. The average molecular weight is 326 g/mol. The van der Waals surface area contributed by atoms with Crippen molar-refractivity contribution < 1.29 is 5.11 Å². The second kappa shape index (κ2) is 6.38. The van der Waals surface area contributed by atoms with Crippen molar-refractivity contribution in [1.82, 2.24) is 5.32 Å². The molecule has 1 aromatic rings. The molecule has 3 atom stereocenters. The Morgan fingerprint density at radius 3 is 2.74 bits per heavy atom. The summed E-state index contributed by atoms with van der Waals surface area (Å²) in [5, 5.41) is 14.1. The van der Waals surface area contributed by atoms with Crippen LogP contribution in [-0.4, -0.2) is 17.3 Å². The van der Waals surface area contributed by atoms with E-state index in [0.29, 0.717) is 12.5 Å². The van der Waals surface area contributed by atoms with Gasteiger partial charge in [-0.1, -0.05) is 47.8 Å². The third-order valence-electron chi connectivity index (χ3n) is 4.17. The molecule has 0 bridgehead atoms. The third-order valence-corrected chi connectivity index (χ3v) is 4.70. The Morgan fingerprint density at radius 1 is 1.42 bits per heavy atom. The van der Waals surface area contributed by atoms with Crippen LogP contribution < -0.4 is 5.32 Å². The summed E-state index contributed by atoms with van der Waals surface area (Å²) in [6, 6.07) is 8.63. The highest BCUT2D eigenvalue weighted by molar-refractivity contribution is 9.10. The van der Waals surface area contributed by atoms with Crippen molar-refractivity contribution >= 4 is 15.9 Å². The van der Waals surface area contributed by atoms with E-state index in [1.54, 1.807) is 0 Å². The minimum atomic E-state index is -0.513. The fourth-order valence-electron chi connectivity index (χ4n) is 3.01. The molecule has 0 amide bonds. The normalized spacial score (nSPS) is 29.2. The molecule has 106 valence electrons. The van der Waals surface area contributed by atoms with Crippen LogP contribution >= 0.6 is 15.9 Å². The first-order valence-electron chi connectivity index (χ1n) is 7.20. The summed E-state index contributed by atoms with van der Waals surface area (Å²) < 4.78 is 1.10. The summed E-state index contributed by atoms with van der Waals surface area (Å²) in [6.07, 6.45) is 4.25. The SMILES string of the molecule is CC1CCCC(O)(CNC(C)c2ccc(Br)cc2)C1. The van der Waals surface area contributed by atoms with Gasteiger partial charge in [-0.2, -0.15) is 0 Å². The summed E-state index contributed by atoms with van der Waals surface area (Å²) in [5.41, 5.74) is 0.747. The average Bonchev–Trinajstić information content (AvgIpc) is 2.37. The number of hydrogen-bond donors (Lipinski definition) is 2. The van der Waals surface area contributed by atoms with E-state index in [9.17, 15) is 5.11 Å². The van der Waals surface area contributed by atoms with Gasteiger partial charge in [0, 0.05) is 17.1 Å². The van der Waals surface area contributed by atoms with Crippen LogP contribution in [0.1, 0.15) is 51.1 Å². The third kappa shape index (κ3) is 4.30. The standard InChI is InChI=1S/C16H24BrNO/c1-12-4-3-9-16(19,10-12)11-18-13(2)14-5-7-15(17)8-6-14/h5-8,12-13,18-19H,3-4,9-11H2,1-2H3. The molecule has 2 rings (SSSR count). The van der Waals surface area contributed by atoms with E-state index in [2.05, 4.69) is 59.4 Å². The van der Waals surface area contributed by atoms with E-state index in [-0.39, 0.29) is 6.04 Å². The van der Waals surface area contributed by atoms with Crippen molar-refractivity contribution in [2.45, 2.75) is 51.2 Å². The minimum Gasteiger partial charge on any atom is -0.389 e. The molecule has 0 saturated heterocycles. The number of halogens is 1. The maximum absolute atomic E-state index is 10.6. The van der Waals surface area contributed by atoms with E-state index < -0.39 is 5.60 Å². The highest BCUT2D eigenvalue weighted by Crippen LogP contribution is 2.32. The molecule has 1 fully saturated rings. The topological polar surface area (TPSA) is 32.3 Å². The van der Waals surface area contributed by atoms with Gasteiger partial charge < -0.3 is 10.4 Å². The molecule has 3 heteroatoms. The fourth-order valence-corrected chi connectivity index (χ4v) is 3.27. The van der Waals surface area contributed by atoms with E-state index in [4.69, 9.17) is 0 Å². The van der Waals surface area contributed by atoms with Gasteiger partial charge in [0.05, 0.1) is 5.60 Å². The molecule has 19 heavy (non-hydrogen) atoms. The van der Waals surface area contributed by atoms with Gasteiger partial charge in [0.2, 0.25) is 0 Å². The smallest absolute Gasteiger partial charge is 0.0774 e. The Bertz CT molecular complexity index is 406. The first kappa shape index (κ1) is 15.0. The van der Waals surface area contributed by atoms with Crippen molar-refractivity contribution in [2.75, 3.05) is 6.54 Å². The van der Waals surface area contributed by atoms with E-state index >= 15 is 0 Å². The van der Waals surface area contributed by atoms with Gasteiger partial charge in [-0.15, -0.1) is 0 Å². The zero-order valence-corrected chi connectivity index (χ0v) is 13.4. The van der Waals surface area contributed by atoms with Crippen LogP contribution in [0.4, 0.5) is 0 Å². The lowest BCUT2D eigenvalue weighted by atomic mass is 9.79. The summed E-state index contributed by atoms with van der Waals surface area (Å²) >= 11 is 3.45. The van der Waals surface area contributed by atoms with Gasteiger partial charge in [-0.25, -0.2) is 0 Å². The highest BCUT2D eigenvalue weighted by Gasteiger charge is 2.32. The molecule has 0 spiro atoms. The van der Waals surface area contributed by atoms with E-state index in [1.165, 1.54) is 12.0 Å². The summed E-state index contributed by atoms with van der Waals surface area (Å²) in [5.74, 6) is 0.642. The van der Waals surface area contributed by atoms with Crippen molar-refractivity contribution in [3.63, 3.8) is 0 Å². The predicted molar refractivity (Wildman–Crippen MR) is 83.1 cm³/mol. The Morgan fingerprint density at radius 2 is 2.11 bits per heavy atom. The molecule has 1 aliphatic carbocycles. The molecule has 1 aromatic carbocycles. The highest BCUT2D eigenvalue weighted by atomic mass is 79.9. The molecule has 1 aliphatic rings. The monoisotopic (exact) mass is 325 g/mol. The van der Waals surface area contributed by atoms with Gasteiger partial charge in [0.25, 0.3) is 0 Å². The summed E-state index contributed by atoms with van der Waals surface area (Å²) in [4.78, 5) is 0. The fraction of sp³-hybridized carbons (Fsp3) is 0.625. The van der Waals surface area contributed by atoms with Crippen LogP contribution in [0.25, 0.3) is 0 Å². The van der Waals surface area contributed by atoms with Crippen LogP contribution in [0, 0.1) is 5.92 Å². The summed E-state index contributed by atoms with van der Waals surface area (Å²) in [6.45, 7) is 5.08. The molecule has 2 N–H and O–H groups in total. The maximum Gasteiger partial charge on any atom is 0.0774 e. The van der Waals surface area contributed by atoms with Crippen LogP contribution in [0.3, 0.4) is 0 Å². The summed E-state index contributed by atoms with van der Waals surface area (Å²) in [7, 11) is 0. The van der Waals surface area contributed by atoms with Gasteiger partial charge in [0.1, 0.15) is 0 Å². The number of rotatable bonds is 4. The largest absolute Gasteiger partial charge is 0.389 e. The Hall–Kier alpha value is -0.380. The Balaban J connectivity index is 1.89. The molecule has 0 aromatic heterocycles.